The minimum atomic E-state index is -0.126. The SMILES string of the molecule is CN1CCN([C@H]2Cc3cc(Cl)ccc3Sc3c(F)cccc32)CC1. The monoisotopic (exact) mass is 362 g/mol. The molecule has 0 bridgehead atoms. The number of hydrogen-bond acceptors (Lipinski definition) is 3. The van der Waals surface area contributed by atoms with E-state index in [2.05, 4.69) is 22.9 Å². The number of halogens is 2. The van der Waals surface area contributed by atoms with E-state index in [1.165, 1.54) is 17.3 Å². The van der Waals surface area contributed by atoms with Gasteiger partial charge < -0.3 is 4.90 Å². The average molecular weight is 363 g/mol. The molecule has 0 saturated carbocycles. The normalized spacial score (nSPS) is 21.9. The molecule has 0 spiro atoms. The van der Waals surface area contributed by atoms with Gasteiger partial charge in [-0.15, -0.1) is 0 Å². The highest BCUT2D eigenvalue weighted by Crippen LogP contribution is 2.44. The minimum Gasteiger partial charge on any atom is -0.304 e. The summed E-state index contributed by atoms with van der Waals surface area (Å²) in [5, 5.41) is 0.748. The van der Waals surface area contributed by atoms with Crippen LogP contribution in [0.25, 0.3) is 0 Å². The summed E-state index contributed by atoms with van der Waals surface area (Å²) in [6.07, 6.45) is 0.878. The molecule has 2 heterocycles. The standard InChI is InChI=1S/C19H20ClFN2S/c1-22-7-9-23(10-8-22)17-12-13-11-14(20)5-6-18(13)24-19-15(17)3-2-4-16(19)21/h2-6,11,17H,7-10,12H2,1H3/t17-/m0/s1. The number of nitrogens with zero attached hydrogens (tertiary/aromatic N) is 2. The molecule has 1 atom stereocenters. The minimum absolute atomic E-state index is 0.126. The summed E-state index contributed by atoms with van der Waals surface area (Å²) in [7, 11) is 2.16. The zero-order chi connectivity index (χ0) is 16.7. The second-order valence-electron chi connectivity index (χ2n) is 6.57. The maximum atomic E-state index is 14.6. The second kappa shape index (κ2) is 6.68. The molecule has 24 heavy (non-hydrogen) atoms. The van der Waals surface area contributed by atoms with Crippen LogP contribution < -0.4 is 0 Å². The van der Waals surface area contributed by atoms with E-state index in [0.29, 0.717) is 0 Å². The van der Waals surface area contributed by atoms with Gasteiger partial charge in [-0.1, -0.05) is 35.5 Å². The molecule has 2 aromatic carbocycles. The Labute approximate surface area is 151 Å². The van der Waals surface area contributed by atoms with Crippen molar-refractivity contribution >= 4 is 23.4 Å². The topological polar surface area (TPSA) is 6.48 Å². The van der Waals surface area contributed by atoms with Gasteiger partial charge in [-0.05, 0) is 48.9 Å². The average Bonchev–Trinajstić information content (AvgIpc) is 2.73. The van der Waals surface area contributed by atoms with E-state index in [9.17, 15) is 4.39 Å². The fourth-order valence-electron chi connectivity index (χ4n) is 3.59. The number of piperazine rings is 1. The fourth-order valence-corrected chi connectivity index (χ4v) is 4.90. The smallest absolute Gasteiger partial charge is 0.137 e. The Kier molecular flexibility index (Phi) is 4.56. The van der Waals surface area contributed by atoms with Crippen molar-refractivity contribution in [3.63, 3.8) is 0 Å². The van der Waals surface area contributed by atoms with Gasteiger partial charge in [0.05, 0.1) is 4.90 Å². The Morgan fingerprint density at radius 3 is 2.71 bits per heavy atom. The van der Waals surface area contributed by atoms with Gasteiger partial charge in [0.2, 0.25) is 0 Å². The first-order chi connectivity index (χ1) is 11.6. The third kappa shape index (κ3) is 3.08. The van der Waals surface area contributed by atoms with Gasteiger partial charge in [-0.2, -0.15) is 0 Å². The van der Waals surface area contributed by atoms with Gasteiger partial charge in [0.25, 0.3) is 0 Å². The van der Waals surface area contributed by atoms with E-state index in [1.807, 2.05) is 24.3 Å². The van der Waals surface area contributed by atoms with Gasteiger partial charge in [-0.25, -0.2) is 4.39 Å². The van der Waals surface area contributed by atoms with Crippen LogP contribution in [0.5, 0.6) is 0 Å². The van der Waals surface area contributed by atoms with Crippen LogP contribution in [0.4, 0.5) is 4.39 Å². The van der Waals surface area contributed by atoms with Gasteiger partial charge in [-0.3, -0.25) is 4.90 Å². The predicted octanol–water partition coefficient (Wildman–Crippen LogP) is 4.47. The number of likely N-dealkylation sites (N-methyl/N-ethyl adjacent to an activating group) is 1. The van der Waals surface area contributed by atoms with E-state index < -0.39 is 0 Å². The predicted molar refractivity (Wildman–Crippen MR) is 97.5 cm³/mol. The Balaban J connectivity index is 1.78. The van der Waals surface area contributed by atoms with E-state index in [-0.39, 0.29) is 11.9 Å². The number of rotatable bonds is 1. The Hall–Kier alpha value is -1.07. The molecule has 0 radical (unpaired) electrons. The third-order valence-electron chi connectivity index (χ3n) is 4.98. The second-order valence-corrected chi connectivity index (χ2v) is 8.06. The number of fused-ring (bicyclic) bond motifs is 2. The highest BCUT2D eigenvalue weighted by molar-refractivity contribution is 7.99. The molecule has 0 aromatic heterocycles. The summed E-state index contributed by atoms with van der Waals surface area (Å²) in [6.45, 7) is 4.13. The lowest BCUT2D eigenvalue weighted by molar-refractivity contribution is 0.109. The van der Waals surface area contributed by atoms with Crippen molar-refractivity contribution in [3.8, 4) is 0 Å². The number of benzene rings is 2. The molecule has 126 valence electrons. The molecular formula is C19H20ClFN2S. The molecule has 0 amide bonds. The van der Waals surface area contributed by atoms with Crippen molar-refractivity contribution in [2.75, 3.05) is 33.2 Å². The maximum absolute atomic E-state index is 14.6. The lowest BCUT2D eigenvalue weighted by Crippen LogP contribution is -2.46. The largest absolute Gasteiger partial charge is 0.304 e. The first-order valence-electron chi connectivity index (χ1n) is 8.29. The first kappa shape index (κ1) is 16.4. The van der Waals surface area contributed by atoms with Crippen molar-refractivity contribution in [3.05, 3.63) is 58.4 Å². The van der Waals surface area contributed by atoms with Crippen LogP contribution in [0.1, 0.15) is 17.2 Å². The van der Waals surface area contributed by atoms with Crippen LogP contribution in [0, 0.1) is 5.82 Å². The lowest BCUT2D eigenvalue weighted by atomic mass is 9.96. The fraction of sp³-hybridized carbons (Fsp3) is 0.368. The summed E-state index contributed by atoms with van der Waals surface area (Å²) in [5.74, 6) is -0.126. The Morgan fingerprint density at radius 1 is 1.12 bits per heavy atom. The molecule has 0 N–H and O–H groups in total. The number of hydrogen-bond donors (Lipinski definition) is 0. The first-order valence-corrected chi connectivity index (χ1v) is 9.48. The molecule has 5 heteroatoms. The van der Waals surface area contributed by atoms with Crippen LogP contribution >= 0.6 is 23.4 Å². The molecule has 2 aliphatic rings. The van der Waals surface area contributed by atoms with Crippen molar-refractivity contribution in [1.82, 2.24) is 9.80 Å². The van der Waals surface area contributed by atoms with E-state index in [4.69, 9.17) is 11.6 Å². The quantitative estimate of drug-likeness (QED) is 0.738. The van der Waals surface area contributed by atoms with Gasteiger partial charge in [0, 0.05) is 42.1 Å². The van der Waals surface area contributed by atoms with Crippen molar-refractivity contribution in [1.29, 1.82) is 0 Å². The lowest BCUT2D eigenvalue weighted by Gasteiger charge is -2.38. The van der Waals surface area contributed by atoms with Gasteiger partial charge >= 0.3 is 0 Å². The highest BCUT2D eigenvalue weighted by atomic mass is 35.5. The van der Waals surface area contributed by atoms with Crippen molar-refractivity contribution in [2.24, 2.45) is 0 Å². The summed E-state index contributed by atoms with van der Waals surface area (Å²) in [5.41, 5.74) is 2.32. The van der Waals surface area contributed by atoms with E-state index >= 15 is 0 Å². The zero-order valence-corrected chi connectivity index (χ0v) is 15.2. The summed E-state index contributed by atoms with van der Waals surface area (Å²) in [6, 6.07) is 11.6. The van der Waals surface area contributed by atoms with Gasteiger partial charge in [0.1, 0.15) is 5.82 Å². The molecule has 2 nitrogen and oxygen atoms in total. The Bertz CT molecular complexity index is 759. The molecule has 0 aliphatic carbocycles. The van der Waals surface area contributed by atoms with Crippen LogP contribution in [0.15, 0.2) is 46.2 Å². The van der Waals surface area contributed by atoms with Crippen molar-refractivity contribution < 1.29 is 4.39 Å². The van der Waals surface area contributed by atoms with Crippen LogP contribution in [0.3, 0.4) is 0 Å². The van der Waals surface area contributed by atoms with Crippen LogP contribution in [-0.4, -0.2) is 43.0 Å². The summed E-state index contributed by atoms with van der Waals surface area (Å²) >= 11 is 7.76. The summed E-state index contributed by atoms with van der Waals surface area (Å²) in [4.78, 5) is 6.72. The molecule has 2 aliphatic heterocycles. The summed E-state index contributed by atoms with van der Waals surface area (Å²) < 4.78 is 14.6. The third-order valence-corrected chi connectivity index (χ3v) is 6.47. The van der Waals surface area contributed by atoms with Crippen molar-refractivity contribution in [2.45, 2.75) is 22.3 Å². The maximum Gasteiger partial charge on any atom is 0.137 e. The zero-order valence-electron chi connectivity index (χ0n) is 13.6. The molecule has 2 aromatic rings. The highest BCUT2D eigenvalue weighted by Gasteiger charge is 2.30. The van der Waals surface area contributed by atoms with Crippen LogP contribution in [-0.2, 0) is 6.42 Å². The molecule has 1 saturated heterocycles. The van der Waals surface area contributed by atoms with Crippen LogP contribution in [0.2, 0.25) is 5.02 Å². The molecule has 1 fully saturated rings. The Morgan fingerprint density at radius 2 is 1.92 bits per heavy atom. The molecule has 0 unspecified atom stereocenters. The molecular weight excluding hydrogens is 343 g/mol. The van der Waals surface area contributed by atoms with E-state index in [0.717, 1.165) is 53.0 Å². The van der Waals surface area contributed by atoms with E-state index in [1.54, 1.807) is 6.07 Å². The van der Waals surface area contributed by atoms with Gasteiger partial charge in [0.15, 0.2) is 0 Å². The molecule has 4 rings (SSSR count).